The van der Waals surface area contributed by atoms with Crippen molar-refractivity contribution >= 4 is 0 Å². The molecule has 0 aromatic carbocycles. The van der Waals surface area contributed by atoms with Crippen molar-refractivity contribution < 1.29 is 4.74 Å². The average molecular weight is 166 g/mol. The Balaban J connectivity index is 2.02. The molecule has 0 amide bonds. The van der Waals surface area contributed by atoms with Gasteiger partial charge in [0.25, 0.3) is 0 Å². The number of hydrogen-bond acceptors (Lipinski definition) is 1. The molecule has 12 heavy (non-hydrogen) atoms. The number of ether oxygens (including phenoxy) is 1. The quantitative estimate of drug-likeness (QED) is 0.544. The molecule has 1 saturated carbocycles. The van der Waals surface area contributed by atoms with E-state index in [2.05, 4.69) is 12.2 Å². The Morgan fingerprint density at radius 3 is 3.00 bits per heavy atom. The molecule has 0 saturated heterocycles. The third-order valence-electron chi connectivity index (χ3n) is 3.37. The average Bonchev–Trinajstić information content (AvgIpc) is 2.44. The molecule has 0 aromatic rings. The van der Waals surface area contributed by atoms with Gasteiger partial charge in [-0.05, 0) is 43.9 Å². The smallest absolute Gasteiger partial charge is 0.0602 e. The van der Waals surface area contributed by atoms with E-state index in [0.717, 1.165) is 11.8 Å². The summed E-state index contributed by atoms with van der Waals surface area (Å²) in [7, 11) is 1.87. The van der Waals surface area contributed by atoms with Crippen LogP contribution in [0.4, 0.5) is 0 Å². The van der Waals surface area contributed by atoms with E-state index in [1.165, 1.54) is 32.1 Å². The molecule has 0 N–H and O–H groups in total. The van der Waals surface area contributed by atoms with Gasteiger partial charge in [-0.3, -0.25) is 0 Å². The molecule has 3 unspecified atom stereocenters. The van der Waals surface area contributed by atoms with E-state index >= 15 is 0 Å². The molecular weight excluding hydrogens is 148 g/mol. The molecule has 1 heteroatoms. The summed E-state index contributed by atoms with van der Waals surface area (Å²) >= 11 is 0. The predicted octanol–water partition coefficient (Wildman–Crippen LogP) is 2.77. The van der Waals surface area contributed by atoms with E-state index in [0.29, 0.717) is 6.10 Å². The lowest BCUT2D eigenvalue weighted by atomic mass is 9.95. The second-order valence-electron chi connectivity index (χ2n) is 4.16. The van der Waals surface area contributed by atoms with Crippen LogP contribution in [-0.4, -0.2) is 13.2 Å². The second kappa shape index (κ2) is 3.61. The van der Waals surface area contributed by atoms with Crippen molar-refractivity contribution in [1.82, 2.24) is 0 Å². The largest absolute Gasteiger partial charge is 0.381 e. The van der Waals surface area contributed by atoms with Gasteiger partial charge in [-0.1, -0.05) is 12.2 Å². The number of rotatable bonds is 1. The molecule has 2 rings (SSSR count). The molecule has 0 radical (unpaired) electrons. The van der Waals surface area contributed by atoms with Crippen LogP contribution in [0.1, 0.15) is 32.1 Å². The fraction of sp³-hybridized carbons (Fsp3) is 0.818. The van der Waals surface area contributed by atoms with Gasteiger partial charge in [0.05, 0.1) is 6.10 Å². The van der Waals surface area contributed by atoms with Gasteiger partial charge in [0, 0.05) is 7.11 Å². The normalized spacial score (nSPS) is 40.9. The highest BCUT2D eigenvalue weighted by Gasteiger charge is 2.33. The van der Waals surface area contributed by atoms with Crippen LogP contribution < -0.4 is 0 Å². The molecule has 1 fully saturated rings. The third kappa shape index (κ3) is 1.56. The first-order chi connectivity index (χ1) is 5.90. The van der Waals surface area contributed by atoms with Crippen LogP contribution in [0.3, 0.4) is 0 Å². The first kappa shape index (κ1) is 8.31. The maximum absolute atomic E-state index is 5.51. The van der Waals surface area contributed by atoms with Crippen LogP contribution in [-0.2, 0) is 4.74 Å². The Bertz CT molecular complexity index is 172. The fourth-order valence-corrected chi connectivity index (χ4v) is 2.70. The van der Waals surface area contributed by atoms with E-state index in [-0.39, 0.29) is 0 Å². The molecule has 1 nitrogen and oxygen atoms in total. The minimum atomic E-state index is 0.565. The van der Waals surface area contributed by atoms with Crippen LogP contribution in [0.2, 0.25) is 0 Å². The summed E-state index contributed by atoms with van der Waals surface area (Å²) in [4.78, 5) is 0. The highest BCUT2D eigenvalue weighted by Crippen LogP contribution is 2.39. The van der Waals surface area contributed by atoms with Gasteiger partial charge < -0.3 is 4.74 Å². The SMILES string of the molecule is COC1CC2CC=CCCC1C2. The Morgan fingerprint density at radius 2 is 2.17 bits per heavy atom. The molecule has 2 aliphatic carbocycles. The number of methoxy groups -OCH3 is 1. The summed E-state index contributed by atoms with van der Waals surface area (Å²) in [5, 5.41) is 0. The summed E-state index contributed by atoms with van der Waals surface area (Å²) in [6.07, 6.45) is 11.9. The van der Waals surface area contributed by atoms with Gasteiger partial charge in [0.2, 0.25) is 0 Å². The maximum atomic E-state index is 5.51. The zero-order chi connectivity index (χ0) is 8.39. The molecule has 2 aliphatic rings. The highest BCUT2D eigenvalue weighted by atomic mass is 16.5. The van der Waals surface area contributed by atoms with E-state index in [1.807, 2.05) is 7.11 Å². The molecule has 0 heterocycles. The van der Waals surface area contributed by atoms with Crippen LogP contribution in [0.25, 0.3) is 0 Å². The number of fused-ring (bicyclic) bond motifs is 2. The Hall–Kier alpha value is -0.300. The van der Waals surface area contributed by atoms with Gasteiger partial charge in [-0.2, -0.15) is 0 Å². The van der Waals surface area contributed by atoms with E-state index in [1.54, 1.807) is 0 Å². The van der Waals surface area contributed by atoms with Crippen molar-refractivity contribution in [3.05, 3.63) is 12.2 Å². The first-order valence-electron chi connectivity index (χ1n) is 5.08. The van der Waals surface area contributed by atoms with Crippen molar-refractivity contribution in [2.45, 2.75) is 38.2 Å². The Kier molecular flexibility index (Phi) is 2.50. The lowest BCUT2D eigenvalue weighted by molar-refractivity contribution is 0.0674. The third-order valence-corrected chi connectivity index (χ3v) is 3.37. The molecular formula is C11H18O. The molecule has 0 aliphatic heterocycles. The van der Waals surface area contributed by atoms with Crippen LogP contribution in [0, 0.1) is 11.8 Å². The van der Waals surface area contributed by atoms with Crippen LogP contribution in [0.5, 0.6) is 0 Å². The summed E-state index contributed by atoms with van der Waals surface area (Å²) < 4.78 is 5.51. The van der Waals surface area contributed by atoms with Crippen molar-refractivity contribution in [1.29, 1.82) is 0 Å². The van der Waals surface area contributed by atoms with Crippen molar-refractivity contribution in [2.75, 3.05) is 7.11 Å². The van der Waals surface area contributed by atoms with Crippen LogP contribution in [0.15, 0.2) is 12.2 Å². The van der Waals surface area contributed by atoms with Crippen molar-refractivity contribution in [2.24, 2.45) is 11.8 Å². The van der Waals surface area contributed by atoms with Gasteiger partial charge in [0.15, 0.2) is 0 Å². The lowest BCUT2D eigenvalue weighted by Crippen LogP contribution is -2.15. The standard InChI is InChI=1S/C11H18O/c1-12-11-8-9-5-3-2-4-6-10(11)7-9/h2-3,9-11H,4-8H2,1H3. The lowest BCUT2D eigenvalue weighted by Gasteiger charge is -2.16. The van der Waals surface area contributed by atoms with Gasteiger partial charge in [-0.25, -0.2) is 0 Å². The summed E-state index contributed by atoms with van der Waals surface area (Å²) in [6.45, 7) is 0. The summed E-state index contributed by atoms with van der Waals surface area (Å²) in [5.41, 5.74) is 0. The molecule has 0 aromatic heterocycles. The first-order valence-corrected chi connectivity index (χ1v) is 5.08. The zero-order valence-electron chi connectivity index (χ0n) is 7.83. The minimum Gasteiger partial charge on any atom is -0.381 e. The minimum absolute atomic E-state index is 0.565. The second-order valence-corrected chi connectivity index (χ2v) is 4.16. The number of allylic oxidation sites excluding steroid dienone is 2. The number of hydrogen-bond donors (Lipinski definition) is 0. The Morgan fingerprint density at radius 1 is 1.25 bits per heavy atom. The van der Waals surface area contributed by atoms with Crippen molar-refractivity contribution in [3.63, 3.8) is 0 Å². The summed E-state index contributed by atoms with van der Waals surface area (Å²) in [6, 6.07) is 0. The fourth-order valence-electron chi connectivity index (χ4n) is 2.70. The maximum Gasteiger partial charge on any atom is 0.0602 e. The van der Waals surface area contributed by atoms with Gasteiger partial charge >= 0.3 is 0 Å². The highest BCUT2D eigenvalue weighted by molar-refractivity contribution is 4.94. The monoisotopic (exact) mass is 166 g/mol. The van der Waals surface area contributed by atoms with Gasteiger partial charge in [-0.15, -0.1) is 0 Å². The van der Waals surface area contributed by atoms with E-state index < -0.39 is 0 Å². The summed E-state index contributed by atoms with van der Waals surface area (Å²) in [5.74, 6) is 1.77. The molecule has 0 spiro atoms. The Labute approximate surface area is 74.8 Å². The topological polar surface area (TPSA) is 9.23 Å². The molecule has 2 bridgehead atoms. The molecule has 3 atom stereocenters. The molecule has 68 valence electrons. The predicted molar refractivity (Wildman–Crippen MR) is 50.0 cm³/mol. The zero-order valence-corrected chi connectivity index (χ0v) is 7.83. The van der Waals surface area contributed by atoms with Crippen molar-refractivity contribution in [3.8, 4) is 0 Å². The van der Waals surface area contributed by atoms with Gasteiger partial charge in [0.1, 0.15) is 0 Å². The van der Waals surface area contributed by atoms with E-state index in [4.69, 9.17) is 4.74 Å². The van der Waals surface area contributed by atoms with Crippen LogP contribution >= 0.6 is 0 Å². The van der Waals surface area contributed by atoms with E-state index in [9.17, 15) is 0 Å².